The molecule has 0 atom stereocenters. The lowest BCUT2D eigenvalue weighted by Crippen LogP contribution is -2.12. The van der Waals surface area contributed by atoms with Crippen molar-refractivity contribution in [3.8, 4) is 0 Å². The molecule has 1 fully saturated rings. The number of benzene rings is 1. The maximum atomic E-state index is 11.6. The van der Waals surface area contributed by atoms with Gasteiger partial charge in [0.25, 0.3) is 0 Å². The minimum absolute atomic E-state index is 0.0789. The zero-order chi connectivity index (χ0) is 11.1. The molecular weight excluding hydrogens is 244 g/mol. The Kier molecular flexibility index (Phi) is 2.33. The minimum atomic E-state index is 0.0789. The van der Waals surface area contributed by atoms with Crippen LogP contribution in [0, 0.1) is 5.92 Å². The van der Waals surface area contributed by atoms with Gasteiger partial charge in [-0.1, -0.05) is 29.0 Å². The van der Waals surface area contributed by atoms with Crippen molar-refractivity contribution >= 4 is 44.2 Å². The van der Waals surface area contributed by atoms with Crippen molar-refractivity contribution in [1.29, 1.82) is 0 Å². The Balaban J connectivity index is 1.92. The summed E-state index contributed by atoms with van der Waals surface area (Å²) in [5.74, 6) is 0.276. The topological polar surface area (TPSA) is 42.0 Å². The highest BCUT2D eigenvalue weighted by Crippen LogP contribution is 2.34. The van der Waals surface area contributed by atoms with Crippen molar-refractivity contribution in [2.24, 2.45) is 5.92 Å². The predicted molar refractivity (Wildman–Crippen MR) is 66.0 cm³/mol. The van der Waals surface area contributed by atoms with Gasteiger partial charge in [0, 0.05) is 5.92 Å². The normalized spacial score (nSPS) is 15.3. The summed E-state index contributed by atoms with van der Waals surface area (Å²) in [4.78, 5) is 15.9. The van der Waals surface area contributed by atoms with Gasteiger partial charge >= 0.3 is 0 Å². The van der Waals surface area contributed by atoms with Gasteiger partial charge in [-0.15, -0.1) is 0 Å². The first kappa shape index (κ1) is 10.1. The van der Waals surface area contributed by atoms with E-state index < -0.39 is 0 Å². The maximum Gasteiger partial charge on any atom is 0.229 e. The molecule has 2 aromatic rings. The van der Waals surface area contributed by atoms with Gasteiger partial charge in [-0.2, -0.15) is 0 Å². The molecule has 0 saturated heterocycles. The molecule has 1 aromatic carbocycles. The molecule has 3 nitrogen and oxygen atoms in total. The van der Waals surface area contributed by atoms with E-state index in [1.54, 1.807) is 0 Å². The third-order valence-electron chi connectivity index (χ3n) is 2.55. The highest BCUT2D eigenvalue weighted by Gasteiger charge is 2.30. The van der Waals surface area contributed by atoms with E-state index in [0.717, 1.165) is 23.1 Å². The van der Waals surface area contributed by atoms with Crippen LogP contribution in [0.2, 0.25) is 5.02 Å². The zero-order valence-electron chi connectivity index (χ0n) is 8.37. The second-order valence-electron chi connectivity index (χ2n) is 3.87. The highest BCUT2D eigenvalue weighted by molar-refractivity contribution is 7.23. The molecule has 82 valence electrons. The van der Waals surface area contributed by atoms with Crippen molar-refractivity contribution in [2.45, 2.75) is 12.8 Å². The summed E-state index contributed by atoms with van der Waals surface area (Å²) in [6, 6.07) is 5.58. The summed E-state index contributed by atoms with van der Waals surface area (Å²) in [6.07, 6.45) is 2.00. The van der Waals surface area contributed by atoms with E-state index in [4.69, 9.17) is 11.6 Å². The van der Waals surface area contributed by atoms with Crippen LogP contribution in [-0.2, 0) is 4.79 Å². The Bertz CT molecular complexity index is 562. The third-order valence-corrected chi connectivity index (χ3v) is 3.99. The van der Waals surface area contributed by atoms with E-state index in [1.165, 1.54) is 11.3 Å². The minimum Gasteiger partial charge on any atom is -0.302 e. The Morgan fingerprint density at radius 1 is 1.50 bits per heavy atom. The SMILES string of the molecule is O=C(Nc1nc2cccc(Cl)c2s1)C1CC1. The van der Waals surface area contributed by atoms with E-state index in [0.29, 0.717) is 10.2 Å². The van der Waals surface area contributed by atoms with Gasteiger partial charge in [0.1, 0.15) is 0 Å². The summed E-state index contributed by atoms with van der Waals surface area (Å²) in [5, 5.41) is 4.15. The number of thiazole rings is 1. The van der Waals surface area contributed by atoms with Gasteiger partial charge in [-0.3, -0.25) is 4.79 Å². The van der Waals surface area contributed by atoms with E-state index in [2.05, 4.69) is 10.3 Å². The molecule has 1 aromatic heterocycles. The molecule has 0 bridgehead atoms. The fourth-order valence-electron chi connectivity index (χ4n) is 1.52. The maximum absolute atomic E-state index is 11.6. The van der Waals surface area contributed by atoms with Gasteiger partial charge in [-0.25, -0.2) is 4.98 Å². The van der Waals surface area contributed by atoms with Crippen LogP contribution >= 0.6 is 22.9 Å². The summed E-state index contributed by atoms with van der Waals surface area (Å²) in [6.45, 7) is 0. The third kappa shape index (κ3) is 1.79. The Labute approximate surface area is 101 Å². The van der Waals surface area contributed by atoms with Crippen LogP contribution in [0.25, 0.3) is 10.2 Å². The van der Waals surface area contributed by atoms with Crippen LogP contribution in [0.4, 0.5) is 5.13 Å². The summed E-state index contributed by atoms with van der Waals surface area (Å²) >= 11 is 7.46. The smallest absolute Gasteiger partial charge is 0.229 e. The van der Waals surface area contributed by atoms with Gasteiger partial charge in [-0.05, 0) is 25.0 Å². The van der Waals surface area contributed by atoms with E-state index >= 15 is 0 Å². The van der Waals surface area contributed by atoms with Crippen molar-refractivity contribution < 1.29 is 4.79 Å². The molecule has 1 saturated carbocycles. The van der Waals surface area contributed by atoms with Crippen LogP contribution < -0.4 is 5.32 Å². The molecule has 5 heteroatoms. The number of carbonyl (C=O) groups is 1. The van der Waals surface area contributed by atoms with Gasteiger partial charge in [0.2, 0.25) is 5.91 Å². The first-order chi connectivity index (χ1) is 7.74. The number of hydrogen-bond acceptors (Lipinski definition) is 3. The van der Waals surface area contributed by atoms with Crippen LogP contribution in [0.1, 0.15) is 12.8 Å². The average molecular weight is 253 g/mol. The highest BCUT2D eigenvalue weighted by atomic mass is 35.5. The Hall–Kier alpha value is -1.13. The van der Waals surface area contributed by atoms with Crippen molar-refractivity contribution in [3.63, 3.8) is 0 Å². The van der Waals surface area contributed by atoms with Crippen LogP contribution in [0.5, 0.6) is 0 Å². The van der Waals surface area contributed by atoms with E-state index in [1.807, 2.05) is 18.2 Å². The second kappa shape index (κ2) is 3.71. The number of amides is 1. The van der Waals surface area contributed by atoms with Crippen molar-refractivity contribution in [3.05, 3.63) is 23.2 Å². The Morgan fingerprint density at radius 2 is 2.31 bits per heavy atom. The molecule has 1 aliphatic rings. The largest absolute Gasteiger partial charge is 0.302 e. The summed E-state index contributed by atoms with van der Waals surface area (Å²) in [7, 11) is 0. The number of rotatable bonds is 2. The molecule has 3 rings (SSSR count). The van der Waals surface area contributed by atoms with Crippen LogP contribution in [0.3, 0.4) is 0 Å². The lowest BCUT2D eigenvalue weighted by atomic mass is 10.3. The van der Waals surface area contributed by atoms with Gasteiger partial charge < -0.3 is 5.32 Å². The number of anilines is 1. The molecule has 1 N–H and O–H groups in total. The number of hydrogen-bond donors (Lipinski definition) is 1. The predicted octanol–water partition coefficient (Wildman–Crippen LogP) is 3.30. The molecule has 1 amide bonds. The number of nitrogens with zero attached hydrogens (tertiary/aromatic N) is 1. The molecule has 0 radical (unpaired) electrons. The average Bonchev–Trinajstić information content (AvgIpc) is 3.01. The zero-order valence-corrected chi connectivity index (χ0v) is 9.94. The first-order valence-electron chi connectivity index (χ1n) is 5.10. The lowest BCUT2D eigenvalue weighted by Gasteiger charge is -1.96. The molecule has 16 heavy (non-hydrogen) atoms. The molecule has 0 aliphatic heterocycles. The number of aromatic nitrogens is 1. The van der Waals surface area contributed by atoms with E-state index in [9.17, 15) is 4.79 Å². The first-order valence-corrected chi connectivity index (χ1v) is 6.29. The number of fused-ring (bicyclic) bond motifs is 1. The summed E-state index contributed by atoms with van der Waals surface area (Å²) in [5.41, 5.74) is 0.837. The standard InChI is InChI=1S/C11H9ClN2OS/c12-7-2-1-3-8-9(7)16-11(13-8)14-10(15)6-4-5-6/h1-3,6H,4-5H2,(H,13,14,15). The molecular formula is C11H9ClN2OS. The van der Waals surface area contributed by atoms with Crippen LogP contribution in [-0.4, -0.2) is 10.9 Å². The van der Waals surface area contributed by atoms with Crippen molar-refractivity contribution in [2.75, 3.05) is 5.32 Å². The number of nitrogens with one attached hydrogen (secondary N) is 1. The number of carbonyl (C=O) groups excluding carboxylic acids is 1. The fraction of sp³-hybridized carbons (Fsp3) is 0.273. The molecule has 0 unspecified atom stereocenters. The monoisotopic (exact) mass is 252 g/mol. The molecule has 1 heterocycles. The molecule has 1 aliphatic carbocycles. The number of halogens is 1. The quantitative estimate of drug-likeness (QED) is 0.891. The molecule has 0 spiro atoms. The van der Waals surface area contributed by atoms with Crippen LogP contribution in [0.15, 0.2) is 18.2 Å². The van der Waals surface area contributed by atoms with Gasteiger partial charge in [0.15, 0.2) is 5.13 Å². The summed E-state index contributed by atoms with van der Waals surface area (Å²) < 4.78 is 0.926. The Morgan fingerprint density at radius 3 is 3.00 bits per heavy atom. The fourth-order valence-corrected chi connectivity index (χ4v) is 2.68. The van der Waals surface area contributed by atoms with Crippen molar-refractivity contribution in [1.82, 2.24) is 4.98 Å². The second-order valence-corrected chi connectivity index (χ2v) is 5.28. The lowest BCUT2D eigenvalue weighted by molar-refractivity contribution is -0.117. The van der Waals surface area contributed by atoms with Gasteiger partial charge in [0.05, 0.1) is 15.2 Å². The van der Waals surface area contributed by atoms with E-state index in [-0.39, 0.29) is 11.8 Å².